The summed E-state index contributed by atoms with van der Waals surface area (Å²) in [7, 11) is -3.92. The van der Waals surface area contributed by atoms with E-state index in [1.807, 2.05) is 31.4 Å². The van der Waals surface area contributed by atoms with Gasteiger partial charge in [-0.05, 0) is 61.7 Å². The summed E-state index contributed by atoms with van der Waals surface area (Å²) in [4.78, 5) is 13.7. The van der Waals surface area contributed by atoms with Crippen molar-refractivity contribution in [3.63, 3.8) is 0 Å². The van der Waals surface area contributed by atoms with E-state index >= 15 is 0 Å². The largest absolute Gasteiger partial charge is 0.325 e. The second-order valence-corrected chi connectivity index (χ2v) is 9.18. The van der Waals surface area contributed by atoms with Crippen molar-refractivity contribution in [2.45, 2.75) is 16.7 Å². The Morgan fingerprint density at radius 2 is 1.55 bits per heavy atom. The standard InChI is InChI=1S/C22H22N2O3S2/c1-17-8-10-19(11-9-17)24(16-22(25)23-18-6-4-3-5-7-18)29(26,27)21-14-12-20(28-2)13-15-21/h3-15H,16H2,1-2H3,(H,23,25). The third-order valence-electron chi connectivity index (χ3n) is 4.31. The van der Waals surface area contributed by atoms with Crippen LogP contribution >= 0.6 is 11.8 Å². The third-order valence-corrected chi connectivity index (χ3v) is 6.85. The fraction of sp³-hybridized carbons (Fsp3) is 0.136. The monoisotopic (exact) mass is 426 g/mol. The van der Waals surface area contributed by atoms with Crippen LogP contribution < -0.4 is 9.62 Å². The van der Waals surface area contributed by atoms with Gasteiger partial charge < -0.3 is 5.32 Å². The van der Waals surface area contributed by atoms with Crippen LogP contribution in [0.2, 0.25) is 0 Å². The highest BCUT2D eigenvalue weighted by molar-refractivity contribution is 7.98. The van der Waals surface area contributed by atoms with E-state index in [0.29, 0.717) is 11.4 Å². The number of amides is 1. The number of rotatable bonds is 7. The molecule has 3 rings (SSSR count). The minimum atomic E-state index is -3.92. The van der Waals surface area contributed by atoms with E-state index in [-0.39, 0.29) is 11.4 Å². The van der Waals surface area contributed by atoms with Crippen molar-refractivity contribution in [2.24, 2.45) is 0 Å². The quantitative estimate of drug-likeness (QED) is 0.563. The smallest absolute Gasteiger partial charge is 0.264 e. The molecule has 0 atom stereocenters. The minimum Gasteiger partial charge on any atom is -0.325 e. The van der Waals surface area contributed by atoms with Crippen molar-refractivity contribution in [3.05, 3.63) is 84.4 Å². The van der Waals surface area contributed by atoms with Gasteiger partial charge in [0, 0.05) is 10.6 Å². The molecule has 0 heterocycles. The van der Waals surface area contributed by atoms with Gasteiger partial charge in [-0.2, -0.15) is 0 Å². The van der Waals surface area contributed by atoms with Gasteiger partial charge in [0.2, 0.25) is 5.91 Å². The molecule has 0 radical (unpaired) electrons. The van der Waals surface area contributed by atoms with Crippen molar-refractivity contribution in [1.29, 1.82) is 0 Å². The lowest BCUT2D eigenvalue weighted by Crippen LogP contribution is -2.38. The van der Waals surface area contributed by atoms with E-state index in [1.165, 1.54) is 11.8 Å². The zero-order valence-corrected chi connectivity index (χ0v) is 17.8. The maximum Gasteiger partial charge on any atom is 0.264 e. The Morgan fingerprint density at radius 3 is 2.14 bits per heavy atom. The van der Waals surface area contributed by atoms with Crippen molar-refractivity contribution in [3.8, 4) is 0 Å². The van der Waals surface area contributed by atoms with Crippen molar-refractivity contribution in [1.82, 2.24) is 0 Å². The maximum absolute atomic E-state index is 13.3. The zero-order chi connectivity index (χ0) is 20.9. The molecule has 0 bridgehead atoms. The molecule has 150 valence electrons. The molecule has 0 aliphatic rings. The summed E-state index contributed by atoms with van der Waals surface area (Å²) in [6.45, 7) is 1.59. The Bertz CT molecular complexity index is 1070. The van der Waals surface area contributed by atoms with Crippen LogP contribution in [0.3, 0.4) is 0 Å². The minimum absolute atomic E-state index is 0.142. The molecule has 5 nitrogen and oxygen atoms in total. The van der Waals surface area contributed by atoms with Gasteiger partial charge in [-0.25, -0.2) is 8.42 Å². The molecular weight excluding hydrogens is 404 g/mol. The molecule has 0 saturated heterocycles. The number of carbonyl (C=O) groups is 1. The predicted molar refractivity (Wildman–Crippen MR) is 119 cm³/mol. The van der Waals surface area contributed by atoms with Crippen LogP contribution in [0.5, 0.6) is 0 Å². The molecule has 0 fully saturated rings. The number of nitrogens with zero attached hydrogens (tertiary/aromatic N) is 1. The first-order valence-corrected chi connectivity index (χ1v) is 11.6. The second-order valence-electron chi connectivity index (χ2n) is 6.44. The predicted octanol–water partition coefficient (Wildman–Crippen LogP) is 4.55. The SMILES string of the molecule is CSc1ccc(S(=O)(=O)N(CC(=O)Nc2ccccc2)c2ccc(C)cc2)cc1. The van der Waals surface area contributed by atoms with Gasteiger partial charge in [0.05, 0.1) is 10.6 Å². The van der Waals surface area contributed by atoms with Gasteiger partial charge in [-0.15, -0.1) is 11.8 Å². The molecule has 3 aromatic rings. The number of aryl methyl sites for hydroxylation is 1. The summed E-state index contributed by atoms with van der Waals surface area (Å²) >= 11 is 1.53. The molecule has 1 amide bonds. The van der Waals surface area contributed by atoms with E-state index in [1.54, 1.807) is 60.7 Å². The topological polar surface area (TPSA) is 66.5 Å². The average Bonchev–Trinajstić information content (AvgIpc) is 2.73. The van der Waals surface area contributed by atoms with Crippen LogP contribution in [0.4, 0.5) is 11.4 Å². The maximum atomic E-state index is 13.3. The molecule has 0 spiro atoms. The lowest BCUT2D eigenvalue weighted by molar-refractivity contribution is -0.114. The Kier molecular flexibility index (Phi) is 6.61. The molecule has 0 aromatic heterocycles. The van der Waals surface area contributed by atoms with Gasteiger partial charge >= 0.3 is 0 Å². The summed E-state index contributed by atoms with van der Waals surface area (Å²) in [5.41, 5.74) is 2.06. The number of nitrogens with one attached hydrogen (secondary N) is 1. The van der Waals surface area contributed by atoms with E-state index in [4.69, 9.17) is 0 Å². The molecule has 1 N–H and O–H groups in total. The van der Waals surface area contributed by atoms with Gasteiger partial charge in [0.15, 0.2) is 0 Å². The molecule has 3 aromatic carbocycles. The number of hydrogen-bond donors (Lipinski definition) is 1. The summed E-state index contributed by atoms with van der Waals surface area (Å²) in [5.74, 6) is -0.416. The summed E-state index contributed by atoms with van der Waals surface area (Å²) in [5, 5.41) is 2.75. The number of thioether (sulfide) groups is 1. The van der Waals surface area contributed by atoms with Crippen molar-refractivity contribution < 1.29 is 13.2 Å². The fourth-order valence-corrected chi connectivity index (χ4v) is 4.58. The van der Waals surface area contributed by atoms with E-state index in [2.05, 4.69) is 5.32 Å². The molecule has 0 saturated carbocycles. The van der Waals surface area contributed by atoms with Crippen molar-refractivity contribution in [2.75, 3.05) is 22.4 Å². The lowest BCUT2D eigenvalue weighted by atomic mass is 10.2. The second kappa shape index (κ2) is 9.15. The van der Waals surface area contributed by atoms with Crippen LogP contribution in [0, 0.1) is 6.92 Å². The zero-order valence-electron chi connectivity index (χ0n) is 16.2. The summed E-state index contributed by atoms with van der Waals surface area (Å²) in [6.07, 6.45) is 1.93. The van der Waals surface area contributed by atoms with Crippen LogP contribution in [-0.4, -0.2) is 27.1 Å². The number of sulfonamides is 1. The van der Waals surface area contributed by atoms with Gasteiger partial charge in [-0.1, -0.05) is 35.9 Å². The molecule has 29 heavy (non-hydrogen) atoms. The number of benzene rings is 3. The molecule has 7 heteroatoms. The van der Waals surface area contributed by atoms with Crippen molar-refractivity contribution >= 4 is 39.1 Å². The molecular formula is C22H22N2O3S2. The Labute approximate surface area is 175 Å². The average molecular weight is 427 g/mol. The highest BCUT2D eigenvalue weighted by Gasteiger charge is 2.27. The number of para-hydroxylation sites is 1. The lowest BCUT2D eigenvalue weighted by Gasteiger charge is -2.24. The van der Waals surface area contributed by atoms with E-state index < -0.39 is 15.9 Å². The van der Waals surface area contributed by atoms with Gasteiger partial charge in [-0.3, -0.25) is 9.10 Å². The Morgan fingerprint density at radius 1 is 0.931 bits per heavy atom. The number of carbonyl (C=O) groups excluding carboxylic acids is 1. The van der Waals surface area contributed by atoms with Gasteiger partial charge in [0.1, 0.15) is 6.54 Å². The van der Waals surface area contributed by atoms with Gasteiger partial charge in [0.25, 0.3) is 10.0 Å². The summed E-state index contributed by atoms with van der Waals surface area (Å²) in [6, 6.07) is 22.7. The van der Waals surface area contributed by atoms with E-state index in [0.717, 1.165) is 14.8 Å². The number of hydrogen-bond acceptors (Lipinski definition) is 4. The van der Waals surface area contributed by atoms with Crippen LogP contribution in [-0.2, 0) is 14.8 Å². The highest BCUT2D eigenvalue weighted by Crippen LogP contribution is 2.26. The summed E-state index contributed by atoms with van der Waals surface area (Å²) < 4.78 is 27.8. The normalized spacial score (nSPS) is 11.1. The number of anilines is 2. The first kappa shape index (κ1) is 21.0. The van der Waals surface area contributed by atoms with Crippen LogP contribution in [0.15, 0.2) is 88.7 Å². The molecule has 0 aliphatic carbocycles. The molecule has 0 unspecified atom stereocenters. The van der Waals surface area contributed by atoms with Crippen LogP contribution in [0.1, 0.15) is 5.56 Å². The third kappa shape index (κ3) is 5.19. The Hall–Kier alpha value is -2.77. The van der Waals surface area contributed by atoms with Crippen LogP contribution in [0.25, 0.3) is 0 Å². The molecule has 0 aliphatic heterocycles. The highest BCUT2D eigenvalue weighted by atomic mass is 32.2. The first-order valence-electron chi connectivity index (χ1n) is 8.98. The van der Waals surface area contributed by atoms with E-state index in [9.17, 15) is 13.2 Å². The Balaban J connectivity index is 1.93. The fourth-order valence-electron chi connectivity index (χ4n) is 2.75. The first-order chi connectivity index (χ1) is 13.9.